The van der Waals surface area contributed by atoms with Crippen molar-refractivity contribution >= 4 is 0 Å². The van der Waals surface area contributed by atoms with Gasteiger partial charge in [-0.1, -0.05) is 20.8 Å². The highest BCUT2D eigenvalue weighted by Crippen LogP contribution is 2.37. The van der Waals surface area contributed by atoms with Crippen molar-refractivity contribution in [3.05, 3.63) is 0 Å². The lowest BCUT2D eigenvalue weighted by Crippen LogP contribution is -2.66. The summed E-state index contributed by atoms with van der Waals surface area (Å²) in [5.74, 6) is 0.697. The first-order valence-corrected chi connectivity index (χ1v) is 7.98. The van der Waals surface area contributed by atoms with Gasteiger partial charge in [0.25, 0.3) is 0 Å². The molecule has 0 aromatic heterocycles. The van der Waals surface area contributed by atoms with E-state index in [0.717, 1.165) is 19.6 Å². The van der Waals surface area contributed by atoms with Crippen LogP contribution in [0.3, 0.4) is 0 Å². The summed E-state index contributed by atoms with van der Waals surface area (Å²) in [4.78, 5) is 2.70. The van der Waals surface area contributed by atoms with Gasteiger partial charge in [-0.25, -0.2) is 0 Å². The lowest BCUT2D eigenvalue weighted by atomic mass is 9.78. The van der Waals surface area contributed by atoms with E-state index in [1.54, 1.807) is 0 Å². The summed E-state index contributed by atoms with van der Waals surface area (Å²) in [6.45, 7) is 12.7. The second-order valence-corrected chi connectivity index (χ2v) is 7.25. The summed E-state index contributed by atoms with van der Waals surface area (Å²) in [6.07, 6.45) is 4.99. The molecule has 2 aliphatic rings. The number of rotatable bonds is 5. The third-order valence-electron chi connectivity index (χ3n) is 5.50. The summed E-state index contributed by atoms with van der Waals surface area (Å²) in [5, 5.41) is 3.76. The van der Waals surface area contributed by atoms with E-state index in [1.807, 2.05) is 7.11 Å². The Kier molecular flexibility index (Phi) is 4.59. The van der Waals surface area contributed by atoms with E-state index in [1.165, 1.54) is 25.7 Å². The largest absolute Gasteiger partial charge is 0.377 e. The van der Waals surface area contributed by atoms with Crippen LogP contribution in [0.1, 0.15) is 53.4 Å². The van der Waals surface area contributed by atoms with Gasteiger partial charge in [-0.15, -0.1) is 0 Å². The maximum absolute atomic E-state index is 5.84. The SMILES string of the molecule is CCC1(C)CN(CC2(OC)CCC2)C(C(C)C)CN1. The Morgan fingerprint density at radius 3 is 2.47 bits per heavy atom. The molecule has 3 heteroatoms. The van der Waals surface area contributed by atoms with E-state index < -0.39 is 0 Å². The first-order valence-electron chi connectivity index (χ1n) is 7.98. The van der Waals surface area contributed by atoms with Crippen LogP contribution < -0.4 is 5.32 Å². The maximum atomic E-state index is 5.84. The molecule has 0 radical (unpaired) electrons. The minimum atomic E-state index is 0.152. The van der Waals surface area contributed by atoms with Gasteiger partial charge in [0.2, 0.25) is 0 Å². The molecule has 2 atom stereocenters. The first-order chi connectivity index (χ1) is 8.94. The van der Waals surface area contributed by atoms with Crippen molar-refractivity contribution in [1.29, 1.82) is 0 Å². The summed E-state index contributed by atoms with van der Waals surface area (Å²) in [7, 11) is 1.89. The predicted molar refractivity (Wildman–Crippen MR) is 80.5 cm³/mol. The Morgan fingerprint density at radius 2 is 2.05 bits per heavy atom. The molecule has 1 aliphatic carbocycles. The molecule has 2 rings (SSSR count). The zero-order valence-electron chi connectivity index (χ0n) is 13.5. The van der Waals surface area contributed by atoms with Gasteiger partial charge in [-0.2, -0.15) is 0 Å². The number of nitrogens with one attached hydrogen (secondary N) is 1. The Labute approximate surface area is 119 Å². The molecule has 112 valence electrons. The molecule has 0 aromatic rings. The van der Waals surface area contributed by atoms with Gasteiger partial charge in [-0.3, -0.25) is 4.90 Å². The lowest BCUT2D eigenvalue weighted by Gasteiger charge is -2.52. The van der Waals surface area contributed by atoms with E-state index in [-0.39, 0.29) is 11.1 Å². The van der Waals surface area contributed by atoms with Crippen molar-refractivity contribution in [2.24, 2.45) is 5.92 Å². The number of hydrogen-bond donors (Lipinski definition) is 1. The summed E-state index contributed by atoms with van der Waals surface area (Å²) in [5.41, 5.74) is 0.420. The van der Waals surface area contributed by atoms with Crippen molar-refractivity contribution in [3.8, 4) is 0 Å². The van der Waals surface area contributed by atoms with E-state index in [2.05, 4.69) is 37.9 Å². The molecule has 1 saturated carbocycles. The first kappa shape index (κ1) is 15.3. The smallest absolute Gasteiger partial charge is 0.0805 e. The van der Waals surface area contributed by atoms with Gasteiger partial charge in [0.05, 0.1) is 5.60 Å². The molecule has 0 aromatic carbocycles. The van der Waals surface area contributed by atoms with Crippen molar-refractivity contribution in [3.63, 3.8) is 0 Å². The molecule has 1 saturated heterocycles. The third kappa shape index (κ3) is 3.14. The number of methoxy groups -OCH3 is 1. The van der Waals surface area contributed by atoms with Crippen LogP contribution in [-0.4, -0.2) is 48.8 Å². The van der Waals surface area contributed by atoms with Crippen LogP contribution in [0.25, 0.3) is 0 Å². The van der Waals surface area contributed by atoms with Crippen molar-refractivity contribution < 1.29 is 4.74 Å². The molecule has 1 heterocycles. The lowest BCUT2D eigenvalue weighted by molar-refractivity contribution is -0.109. The van der Waals surface area contributed by atoms with E-state index in [9.17, 15) is 0 Å². The zero-order valence-corrected chi connectivity index (χ0v) is 13.5. The molecule has 1 N–H and O–H groups in total. The number of piperazine rings is 1. The topological polar surface area (TPSA) is 24.5 Å². The van der Waals surface area contributed by atoms with Crippen molar-refractivity contribution in [2.75, 3.05) is 26.7 Å². The monoisotopic (exact) mass is 268 g/mol. The van der Waals surface area contributed by atoms with E-state index in [0.29, 0.717) is 12.0 Å². The van der Waals surface area contributed by atoms with Crippen LogP contribution in [0, 0.1) is 5.92 Å². The minimum Gasteiger partial charge on any atom is -0.377 e. The van der Waals surface area contributed by atoms with Crippen LogP contribution in [0.2, 0.25) is 0 Å². The Balaban J connectivity index is 2.07. The molecule has 2 unspecified atom stereocenters. The molecular weight excluding hydrogens is 236 g/mol. The molecule has 1 aliphatic heterocycles. The molecule has 2 fully saturated rings. The third-order valence-corrected chi connectivity index (χ3v) is 5.50. The Bertz CT molecular complexity index is 296. The van der Waals surface area contributed by atoms with Gasteiger partial charge >= 0.3 is 0 Å². The molecule has 19 heavy (non-hydrogen) atoms. The Hall–Kier alpha value is -0.120. The number of ether oxygens (including phenoxy) is 1. The fourth-order valence-electron chi connectivity index (χ4n) is 3.54. The predicted octanol–water partition coefficient (Wildman–Crippen LogP) is 2.65. The molecular formula is C16H32N2O. The fraction of sp³-hybridized carbons (Fsp3) is 1.00. The zero-order chi connectivity index (χ0) is 14.1. The summed E-state index contributed by atoms with van der Waals surface area (Å²) >= 11 is 0. The molecule has 0 amide bonds. The minimum absolute atomic E-state index is 0.152. The van der Waals surface area contributed by atoms with E-state index in [4.69, 9.17) is 4.74 Å². The highest BCUT2D eigenvalue weighted by atomic mass is 16.5. The summed E-state index contributed by atoms with van der Waals surface area (Å²) < 4.78 is 5.84. The molecule has 3 nitrogen and oxygen atoms in total. The van der Waals surface area contributed by atoms with Gasteiger partial charge in [0.15, 0.2) is 0 Å². The standard InChI is InChI=1S/C16H32N2O/c1-6-15(4)11-18(14(10-17-15)13(2)3)12-16(19-5)8-7-9-16/h13-14,17H,6-12H2,1-5H3. The Morgan fingerprint density at radius 1 is 1.37 bits per heavy atom. The van der Waals surface area contributed by atoms with Crippen LogP contribution in [0.4, 0.5) is 0 Å². The van der Waals surface area contributed by atoms with Crippen LogP contribution >= 0.6 is 0 Å². The highest BCUT2D eigenvalue weighted by Gasteiger charge is 2.43. The van der Waals surface area contributed by atoms with Crippen LogP contribution in [-0.2, 0) is 4.74 Å². The van der Waals surface area contributed by atoms with Gasteiger partial charge < -0.3 is 10.1 Å². The quantitative estimate of drug-likeness (QED) is 0.829. The van der Waals surface area contributed by atoms with Gasteiger partial charge in [-0.05, 0) is 38.5 Å². The second-order valence-electron chi connectivity index (χ2n) is 7.25. The highest BCUT2D eigenvalue weighted by molar-refractivity contribution is 5.00. The summed E-state index contributed by atoms with van der Waals surface area (Å²) in [6, 6.07) is 0.646. The molecule has 0 bridgehead atoms. The average molecular weight is 268 g/mol. The average Bonchev–Trinajstić information content (AvgIpc) is 2.33. The number of hydrogen-bond acceptors (Lipinski definition) is 3. The second kappa shape index (κ2) is 5.71. The van der Waals surface area contributed by atoms with E-state index >= 15 is 0 Å². The fourth-order valence-corrected chi connectivity index (χ4v) is 3.54. The van der Waals surface area contributed by atoms with Gasteiger partial charge in [0, 0.05) is 38.3 Å². The van der Waals surface area contributed by atoms with Crippen molar-refractivity contribution in [1.82, 2.24) is 10.2 Å². The normalized spacial score (nSPS) is 35.4. The van der Waals surface area contributed by atoms with Crippen LogP contribution in [0.5, 0.6) is 0 Å². The maximum Gasteiger partial charge on any atom is 0.0805 e. The van der Waals surface area contributed by atoms with Gasteiger partial charge in [0.1, 0.15) is 0 Å². The number of nitrogens with zero attached hydrogens (tertiary/aromatic N) is 1. The van der Waals surface area contributed by atoms with Crippen LogP contribution in [0.15, 0.2) is 0 Å². The van der Waals surface area contributed by atoms with Crippen molar-refractivity contribution in [2.45, 2.75) is 70.6 Å². The molecule has 0 spiro atoms.